The molecule has 1 aromatic carbocycles. The largest absolute Gasteiger partial charge is 0.485 e. The van der Waals surface area contributed by atoms with Crippen LogP contribution in [0.3, 0.4) is 0 Å². The fourth-order valence-corrected chi connectivity index (χ4v) is 3.12. The number of nitrogens with zero attached hydrogens (tertiary/aromatic N) is 1. The number of hydrogen-bond donors (Lipinski definition) is 1. The van der Waals surface area contributed by atoms with Crippen LogP contribution in [0.5, 0.6) is 11.5 Å². The van der Waals surface area contributed by atoms with Gasteiger partial charge in [-0.3, -0.25) is 4.79 Å². The number of aromatic nitrogens is 1. The fourth-order valence-electron chi connectivity index (χ4n) is 2.16. The van der Waals surface area contributed by atoms with Gasteiger partial charge in [0.1, 0.15) is 11.6 Å². The Balaban J connectivity index is 1.57. The summed E-state index contributed by atoms with van der Waals surface area (Å²) >= 11 is 1.56. The van der Waals surface area contributed by atoms with Crippen molar-refractivity contribution in [3.8, 4) is 11.5 Å². The molecule has 1 N–H and O–H groups in total. The van der Waals surface area contributed by atoms with Crippen molar-refractivity contribution in [2.24, 2.45) is 0 Å². The average molecular weight is 332 g/mol. The quantitative estimate of drug-likeness (QED) is 0.939. The molecule has 2 aromatic rings. The monoisotopic (exact) mass is 332 g/mol. The third-order valence-corrected chi connectivity index (χ3v) is 4.38. The Morgan fingerprint density at radius 2 is 2.09 bits per heavy atom. The minimum Gasteiger partial charge on any atom is -0.485 e. The van der Waals surface area contributed by atoms with Crippen LogP contribution in [0, 0.1) is 0 Å². The first-order valence-corrected chi connectivity index (χ1v) is 8.42. The number of carbonyl (C=O) groups excluding carboxylic acids is 1. The third kappa shape index (κ3) is 3.64. The topological polar surface area (TPSA) is 60.5 Å². The number of para-hydroxylation sites is 2. The summed E-state index contributed by atoms with van der Waals surface area (Å²) < 4.78 is 11.2. The Labute approximate surface area is 139 Å². The molecule has 6 heteroatoms. The van der Waals surface area contributed by atoms with E-state index in [0.29, 0.717) is 18.0 Å². The van der Waals surface area contributed by atoms with Crippen molar-refractivity contribution in [3.05, 3.63) is 40.3 Å². The maximum Gasteiger partial charge on any atom is 0.265 e. The lowest BCUT2D eigenvalue weighted by Gasteiger charge is -2.25. The SMILES string of the molecule is CC(C)(C)c1csc(CNC(=O)C2COc3ccccc3O2)n1. The van der Waals surface area contributed by atoms with Crippen LogP contribution in [0.1, 0.15) is 31.5 Å². The first-order chi connectivity index (χ1) is 10.9. The fraction of sp³-hybridized carbons (Fsp3) is 0.412. The predicted octanol–water partition coefficient (Wildman–Crippen LogP) is 2.90. The Bertz CT molecular complexity index is 706. The highest BCUT2D eigenvalue weighted by atomic mass is 32.1. The highest BCUT2D eigenvalue weighted by Crippen LogP contribution is 2.31. The lowest BCUT2D eigenvalue weighted by molar-refractivity contribution is -0.130. The van der Waals surface area contributed by atoms with E-state index in [2.05, 4.69) is 31.1 Å². The molecule has 0 radical (unpaired) electrons. The van der Waals surface area contributed by atoms with Gasteiger partial charge in [0.2, 0.25) is 6.10 Å². The number of thiazole rings is 1. The summed E-state index contributed by atoms with van der Waals surface area (Å²) in [5.41, 5.74) is 1.06. The van der Waals surface area contributed by atoms with Crippen molar-refractivity contribution in [1.29, 1.82) is 0 Å². The maximum absolute atomic E-state index is 12.2. The Kier molecular flexibility index (Phi) is 4.26. The van der Waals surface area contributed by atoms with E-state index in [1.165, 1.54) is 0 Å². The van der Waals surface area contributed by atoms with Crippen molar-refractivity contribution >= 4 is 17.2 Å². The van der Waals surface area contributed by atoms with Crippen LogP contribution in [-0.2, 0) is 16.8 Å². The van der Waals surface area contributed by atoms with Gasteiger partial charge in [0.05, 0.1) is 12.2 Å². The molecule has 0 saturated carbocycles. The zero-order chi connectivity index (χ0) is 16.4. The Hall–Kier alpha value is -2.08. The normalized spacial score (nSPS) is 16.9. The van der Waals surface area contributed by atoms with Crippen molar-refractivity contribution in [3.63, 3.8) is 0 Å². The Morgan fingerprint density at radius 3 is 2.78 bits per heavy atom. The van der Waals surface area contributed by atoms with Crippen LogP contribution in [0.2, 0.25) is 0 Å². The number of fused-ring (bicyclic) bond motifs is 1. The second-order valence-electron chi connectivity index (χ2n) is 6.46. The molecular weight excluding hydrogens is 312 g/mol. The first kappa shape index (κ1) is 15.8. The molecule has 3 rings (SSSR count). The van der Waals surface area contributed by atoms with Crippen LogP contribution >= 0.6 is 11.3 Å². The molecule has 1 aliphatic heterocycles. The van der Waals surface area contributed by atoms with Crippen molar-refractivity contribution < 1.29 is 14.3 Å². The lowest BCUT2D eigenvalue weighted by atomic mass is 9.93. The molecular formula is C17H20N2O3S. The second-order valence-corrected chi connectivity index (χ2v) is 7.40. The molecule has 122 valence electrons. The highest BCUT2D eigenvalue weighted by Gasteiger charge is 2.27. The van der Waals surface area contributed by atoms with Gasteiger partial charge in [0.25, 0.3) is 5.91 Å². The van der Waals surface area contributed by atoms with E-state index in [0.717, 1.165) is 10.7 Å². The number of benzene rings is 1. The number of ether oxygens (including phenoxy) is 2. The highest BCUT2D eigenvalue weighted by molar-refractivity contribution is 7.09. The number of amides is 1. The summed E-state index contributed by atoms with van der Waals surface area (Å²) in [7, 11) is 0. The van der Waals surface area contributed by atoms with Gasteiger partial charge in [0.15, 0.2) is 11.5 Å². The van der Waals surface area contributed by atoms with E-state index >= 15 is 0 Å². The van der Waals surface area contributed by atoms with Gasteiger partial charge in [-0.15, -0.1) is 11.3 Å². The van der Waals surface area contributed by atoms with Crippen molar-refractivity contribution in [2.45, 2.75) is 38.8 Å². The molecule has 0 spiro atoms. The van der Waals surface area contributed by atoms with Gasteiger partial charge < -0.3 is 14.8 Å². The van der Waals surface area contributed by atoms with Crippen LogP contribution in [-0.4, -0.2) is 23.6 Å². The Morgan fingerprint density at radius 1 is 1.35 bits per heavy atom. The van der Waals surface area contributed by atoms with Gasteiger partial charge in [-0.25, -0.2) is 4.98 Å². The summed E-state index contributed by atoms with van der Waals surface area (Å²) in [4.78, 5) is 16.8. The van der Waals surface area contributed by atoms with E-state index < -0.39 is 6.10 Å². The summed E-state index contributed by atoms with van der Waals surface area (Å²) in [6, 6.07) is 7.35. The summed E-state index contributed by atoms with van der Waals surface area (Å²) in [6.45, 7) is 6.98. The predicted molar refractivity (Wildman–Crippen MR) is 89.0 cm³/mol. The van der Waals surface area contributed by atoms with Gasteiger partial charge in [-0.05, 0) is 12.1 Å². The maximum atomic E-state index is 12.2. The third-order valence-electron chi connectivity index (χ3n) is 3.54. The molecule has 0 aliphatic carbocycles. The molecule has 1 unspecified atom stereocenters. The van der Waals surface area contributed by atoms with Gasteiger partial charge >= 0.3 is 0 Å². The lowest BCUT2D eigenvalue weighted by Crippen LogP contribution is -2.43. The van der Waals surface area contributed by atoms with Crippen molar-refractivity contribution in [1.82, 2.24) is 10.3 Å². The molecule has 0 bridgehead atoms. The molecule has 1 aliphatic rings. The van der Waals surface area contributed by atoms with E-state index in [-0.39, 0.29) is 17.9 Å². The molecule has 1 amide bonds. The van der Waals surface area contributed by atoms with Gasteiger partial charge in [-0.2, -0.15) is 0 Å². The van der Waals surface area contributed by atoms with E-state index in [9.17, 15) is 4.79 Å². The second kappa shape index (κ2) is 6.20. The average Bonchev–Trinajstić information content (AvgIpc) is 3.01. The summed E-state index contributed by atoms with van der Waals surface area (Å²) in [5, 5.41) is 5.80. The number of carbonyl (C=O) groups is 1. The van der Waals surface area contributed by atoms with E-state index in [1.807, 2.05) is 23.6 Å². The minimum absolute atomic E-state index is 0.0167. The summed E-state index contributed by atoms with van der Waals surface area (Å²) in [5.74, 6) is 1.08. The minimum atomic E-state index is -0.632. The van der Waals surface area contributed by atoms with Gasteiger partial charge in [0, 0.05) is 10.8 Å². The molecule has 1 atom stereocenters. The van der Waals surface area contributed by atoms with Gasteiger partial charge in [-0.1, -0.05) is 32.9 Å². The van der Waals surface area contributed by atoms with Crippen LogP contribution < -0.4 is 14.8 Å². The summed E-state index contributed by atoms with van der Waals surface area (Å²) in [6.07, 6.45) is -0.632. The van der Waals surface area contributed by atoms with Crippen LogP contribution in [0.25, 0.3) is 0 Å². The van der Waals surface area contributed by atoms with Crippen LogP contribution in [0.4, 0.5) is 0 Å². The zero-order valence-corrected chi connectivity index (χ0v) is 14.3. The van der Waals surface area contributed by atoms with Crippen molar-refractivity contribution in [2.75, 3.05) is 6.61 Å². The standard InChI is InChI=1S/C17H20N2O3S/c1-17(2,3)14-10-23-15(19-14)8-18-16(20)13-9-21-11-6-4-5-7-12(11)22-13/h4-7,10,13H,8-9H2,1-3H3,(H,18,20). The smallest absolute Gasteiger partial charge is 0.265 e. The molecule has 23 heavy (non-hydrogen) atoms. The van der Waals surface area contributed by atoms with Crippen LogP contribution in [0.15, 0.2) is 29.6 Å². The van der Waals surface area contributed by atoms with E-state index in [1.54, 1.807) is 17.4 Å². The molecule has 2 heterocycles. The number of rotatable bonds is 3. The molecule has 0 saturated heterocycles. The zero-order valence-electron chi connectivity index (χ0n) is 13.5. The first-order valence-electron chi connectivity index (χ1n) is 7.54. The molecule has 1 aromatic heterocycles. The number of hydrogen-bond acceptors (Lipinski definition) is 5. The number of nitrogens with one attached hydrogen (secondary N) is 1. The molecule has 5 nitrogen and oxygen atoms in total. The molecule has 0 fully saturated rings. The van der Waals surface area contributed by atoms with E-state index in [4.69, 9.17) is 9.47 Å².